The minimum atomic E-state index is 0.873. The number of allylic oxidation sites excluding steroid dienone is 1. The first kappa shape index (κ1) is 20.1. The van der Waals surface area contributed by atoms with E-state index in [1.54, 1.807) is 5.47 Å². The first-order chi connectivity index (χ1) is 12.9. The lowest BCUT2D eigenvalue weighted by Gasteiger charge is -2.37. The molecule has 0 amide bonds. The third kappa shape index (κ3) is 5.94. The molecule has 0 N–H and O–H groups in total. The molecule has 0 nitrogen and oxygen atoms in total. The van der Waals surface area contributed by atoms with Gasteiger partial charge >= 0.3 is 0 Å². The van der Waals surface area contributed by atoms with Crippen LogP contribution in [0.25, 0.3) is 0 Å². The van der Waals surface area contributed by atoms with E-state index in [4.69, 9.17) is 0 Å². The van der Waals surface area contributed by atoms with Crippen molar-refractivity contribution >= 4 is 18.5 Å². The number of benzene rings is 1. The molecule has 0 saturated heterocycles. The number of unbranched alkanes of at least 4 members (excludes halogenated alkanes) is 1. The maximum Gasteiger partial charge on any atom is 0.177 e. The number of hydrogen-bond donors (Lipinski definition) is 0. The quantitative estimate of drug-likeness (QED) is 0.327. The fourth-order valence-electron chi connectivity index (χ4n) is 5.30. The molecule has 0 radical (unpaired) electrons. The average Bonchev–Trinajstić information content (AvgIpc) is 2.72. The SMILES string of the molecule is CCCC/C(=C\Sc1ccccc1)B(C1CCCCC1)C1CCCCC1. The van der Waals surface area contributed by atoms with E-state index in [-0.39, 0.29) is 0 Å². The first-order valence-electron chi connectivity index (χ1n) is 11.3. The predicted molar refractivity (Wildman–Crippen MR) is 119 cm³/mol. The summed E-state index contributed by atoms with van der Waals surface area (Å²) in [5.74, 6) is 1.93. The number of rotatable bonds is 8. The summed E-state index contributed by atoms with van der Waals surface area (Å²) >= 11 is 1.97. The van der Waals surface area contributed by atoms with Gasteiger partial charge in [-0.2, -0.15) is 0 Å². The molecule has 2 aliphatic carbocycles. The molecule has 26 heavy (non-hydrogen) atoms. The van der Waals surface area contributed by atoms with Crippen LogP contribution in [0.5, 0.6) is 0 Å². The standard InChI is InChI=1S/C24H37BS/c1-2-3-13-23(20-26-24-18-11-6-12-19-24)25(21-14-7-4-8-15-21)22-16-9-5-10-17-22/h6,11-12,18-22H,2-5,7-10,13-17H2,1H3/b23-20+. The molecular formula is C24H37BS. The van der Waals surface area contributed by atoms with Gasteiger partial charge in [-0.25, -0.2) is 0 Å². The Kier molecular flexibility index (Phi) is 8.72. The van der Waals surface area contributed by atoms with E-state index in [0.717, 1.165) is 18.3 Å². The second-order valence-electron chi connectivity index (χ2n) is 8.55. The molecule has 1 aromatic carbocycles. The fraction of sp³-hybridized carbons (Fsp3) is 0.667. The number of thioether (sulfide) groups is 1. The molecule has 1 aromatic rings. The van der Waals surface area contributed by atoms with Crippen molar-refractivity contribution in [1.82, 2.24) is 0 Å². The van der Waals surface area contributed by atoms with Crippen molar-refractivity contribution in [3.05, 3.63) is 41.2 Å². The van der Waals surface area contributed by atoms with Crippen molar-refractivity contribution in [2.24, 2.45) is 0 Å². The predicted octanol–water partition coefficient (Wildman–Crippen LogP) is 8.56. The molecule has 3 rings (SSSR count). The van der Waals surface area contributed by atoms with E-state index in [0.29, 0.717) is 0 Å². The highest BCUT2D eigenvalue weighted by atomic mass is 32.2. The number of hydrogen-bond acceptors (Lipinski definition) is 1. The van der Waals surface area contributed by atoms with E-state index >= 15 is 0 Å². The van der Waals surface area contributed by atoms with Gasteiger partial charge in [0.25, 0.3) is 0 Å². The van der Waals surface area contributed by atoms with Crippen molar-refractivity contribution in [2.45, 2.75) is 107 Å². The molecule has 0 unspecified atom stereocenters. The zero-order chi connectivity index (χ0) is 18.0. The topological polar surface area (TPSA) is 0 Å². The minimum absolute atomic E-state index is 0.873. The Bertz CT molecular complexity index is 508. The third-order valence-electron chi connectivity index (χ3n) is 6.65. The van der Waals surface area contributed by atoms with Gasteiger partial charge in [0.05, 0.1) is 0 Å². The highest BCUT2D eigenvalue weighted by molar-refractivity contribution is 8.02. The van der Waals surface area contributed by atoms with Crippen molar-refractivity contribution in [3.63, 3.8) is 0 Å². The highest BCUT2D eigenvalue weighted by Crippen LogP contribution is 2.45. The van der Waals surface area contributed by atoms with Gasteiger partial charge in [0.2, 0.25) is 0 Å². The average molecular weight is 368 g/mol. The minimum Gasteiger partial charge on any atom is -0.0990 e. The maximum absolute atomic E-state index is 2.58. The summed E-state index contributed by atoms with van der Waals surface area (Å²) in [6.45, 7) is 3.22. The van der Waals surface area contributed by atoms with Gasteiger partial charge in [0, 0.05) is 4.90 Å². The van der Waals surface area contributed by atoms with E-state index in [9.17, 15) is 0 Å². The van der Waals surface area contributed by atoms with Crippen molar-refractivity contribution in [1.29, 1.82) is 0 Å². The molecule has 2 aliphatic rings. The van der Waals surface area contributed by atoms with Crippen LogP contribution in [0.4, 0.5) is 0 Å². The summed E-state index contributed by atoms with van der Waals surface area (Å²) in [5.41, 5.74) is 1.81. The van der Waals surface area contributed by atoms with E-state index in [1.165, 1.54) is 88.4 Å². The zero-order valence-electron chi connectivity index (χ0n) is 16.8. The van der Waals surface area contributed by atoms with Gasteiger partial charge in [-0.05, 0) is 24.0 Å². The van der Waals surface area contributed by atoms with Crippen LogP contribution in [0.3, 0.4) is 0 Å². The summed E-state index contributed by atoms with van der Waals surface area (Å²) in [5, 5.41) is 2.58. The lowest BCUT2D eigenvalue weighted by atomic mass is 9.27. The highest BCUT2D eigenvalue weighted by Gasteiger charge is 2.36. The van der Waals surface area contributed by atoms with Crippen molar-refractivity contribution in [2.75, 3.05) is 0 Å². The Morgan fingerprint density at radius 3 is 2.04 bits per heavy atom. The largest absolute Gasteiger partial charge is 0.177 e. The Labute approximate surface area is 166 Å². The summed E-state index contributed by atoms with van der Waals surface area (Å²) in [6.07, 6.45) is 18.8. The Balaban J connectivity index is 1.81. The summed E-state index contributed by atoms with van der Waals surface area (Å²) < 4.78 is 0. The second-order valence-corrected chi connectivity index (χ2v) is 9.49. The van der Waals surface area contributed by atoms with Gasteiger partial charge in [-0.1, -0.05) is 131 Å². The van der Waals surface area contributed by atoms with Gasteiger partial charge in [-0.3, -0.25) is 0 Å². The Morgan fingerprint density at radius 2 is 1.50 bits per heavy atom. The van der Waals surface area contributed by atoms with Crippen molar-refractivity contribution < 1.29 is 0 Å². The Morgan fingerprint density at radius 1 is 0.923 bits per heavy atom. The van der Waals surface area contributed by atoms with Gasteiger partial charge < -0.3 is 0 Å². The van der Waals surface area contributed by atoms with Crippen LogP contribution in [0, 0.1) is 0 Å². The van der Waals surface area contributed by atoms with Gasteiger partial charge in [0.1, 0.15) is 0 Å². The molecular weight excluding hydrogens is 331 g/mol. The molecule has 2 saturated carbocycles. The molecule has 0 bridgehead atoms. The summed E-state index contributed by atoms with van der Waals surface area (Å²) in [7, 11) is 0. The van der Waals surface area contributed by atoms with Gasteiger partial charge in [-0.15, -0.1) is 0 Å². The van der Waals surface area contributed by atoms with E-state index < -0.39 is 0 Å². The van der Waals surface area contributed by atoms with E-state index in [2.05, 4.69) is 42.7 Å². The zero-order valence-corrected chi connectivity index (χ0v) is 17.6. The molecule has 0 atom stereocenters. The molecule has 0 spiro atoms. The molecule has 2 fully saturated rings. The van der Waals surface area contributed by atoms with Crippen LogP contribution in [0.2, 0.25) is 11.6 Å². The van der Waals surface area contributed by atoms with Crippen LogP contribution < -0.4 is 0 Å². The smallest absolute Gasteiger partial charge is 0.0990 e. The fourth-order valence-corrected chi connectivity index (χ4v) is 6.18. The molecule has 0 heterocycles. The molecule has 142 valence electrons. The second kappa shape index (κ2) is 11.3. The first-order valence-corrected chi connectivity index (χ1v) is 12.2. The maximum atomic E-state index is 2.58. The van der Waals surface area contributed by atoms with E-state index in [1.807, 2.05) is 11.8 Å². The monoisotopic (exact) mass is 368 g/mol. The van der Waals surface area contributed by atoms with Crippen molar-refractivity contribution in [3.8, 4) is 0 Å². The van der Waals surface area contributed by atoms with Crippen LogP contribution in [0.15, 0.2) is 46.1 Å². The lowest BCUT2D eigenvalue weighted by Crippen LogP contribution is -2.32. The summed E-state index contributed by atoms with van der Waals surface area (Å²) in [4.78, 5) is 1.40. The normalized spacial score (nSPS) is 20.3. The third-order valence-corrected chi connectivity index (χ3v) is 7.62. The molecule has 2 heteroatoms. The lowest BCUT2D eigenvalue weighted by molar-refractivity contribution is 0.462. The van der Waals surface area contributed by atoms with Crippen LogP contribution in [-0.2, 0) is 0 Å². The Hall–Kier alpha value is -0.625. The molecule has 0 aliphatic heterocycles. The van der Waals surface area contributed by atoms with Crippen LogP contribution in [-0.4, -0.2) is 6.71 Å². The summed E-state index contributed by atoms with van der Waals surface area (Å²) in [6, 6.07) is 11.0. The molecule has 0 aromatic heterocycles. The van der Waals surface area contributed by atoms with Crippen LogP contribution >= 0.6 is 11.8 Å². The van der Waals surface area contributed by atoms with Gasteiger partial charge in [0.15, 0.2) is 6.71 Å². The van der Waals surface area contributed by atoms with Crippen LogP contribution in [0.1, 0.15) is 90.4 Å².